The average Bonchev–Trinajstić information content (AvgIpc) is 3.12. The van der Waals surface area contributed by atoms with Gasteiger partial charge in [-0.05, 0) is 41.3 Å². The molecule has 0 spiro atoms. The van der Waals surface area contributed by atoms with Crippen molar-refractivity contribution in [2.45, 2.75) is 25.3 Å². The van der Waals surface area contributed by atoms with E-state index in [0.717, 1.165) is 22.3 Å². The number of amides is 2. The molecule has 0 fully saturated rings. The first-order chi connectivity index (χ1) is 15.9. The number of ether oxygens (including phenoxy) is 1. The van der Waals surface area contributed by atoms with Crippen molar-refractivity contribution in [3.05, 3.63) is 83.7 Å². The van der Waals surface area contributed by atoms with Gasteiger partial charge in [0.05, 0.1) is 18.3 Å². The minimum Gasteiger partial charge on any atom is -0.480 e. The lowest BCUT2D eigenvalue weighted by Crippen LogP contribution is -2.39. The standard InChI is InChI=1S/C25H23N3O5/c1-15(24(30)31)27-23(29)12-16-10-11-17(13-26-16)28-25(32)33-14-22-20-8-4-2-6-18(20)19-7-3-5-9-21(19)22/h2-11,13,15,22H,12,14H2,1H3,(H,27,29)(H,28,32)(H,30,31). The van der Waals surface area contributed by atoms with Gasteiger partial charge in [-0.3, -0.25) is 19.9 Å². The van der Waals surface area contributed by atoms with Crippen LogP contribution in [0.25, 0.3) is 11.1 Å². The largest absolute Gasteiger partial charge is 0.480 e. The van der Waals surface area contributed by atoms with Crippen LogP contribution in [0.4, 0.5) is 10.5 Å². The molecule has 1 heterocycles. The Balaban J connectivity index is 1.33. The maximum atomic E-state index is 12.4. The van der Waals surface area contributed by atoms with E-state index in [-0.39, 0.29) is 18.9 Å². The molecule has 1 aliphatic rings. The molecule has 1 atom stereocenters. The normalized spacial score (nSPS) is 12.9. The maximum absolute atomic E-state index is 12.4. The minimum atomic E-state index is -1.11. The van der Waals surface area contributed by atoms with Crippen LogP contribution in [0.1, 0.15) is 29.7 Å². The van der Waals surface area contributed by atoms with Crippen molar-refractivity contribution in [2.24, 2.45) is 0 Å². The topological polar surface area (TPSA) is 118 Å². The fourth-order valence-electron chi connectivity index (χ4n) is 3.87. The predicted octanol–water partition coefficient (Wildman–Crippen LogP) is 3.57. The second-order valence-corrected chi connectivity index (χ2v) is 7.79. The van der Waals surface area contributed by atoms with E-state index in [1.54, 1.807) is 12.1 Å². The van der Waals surface area contributed by atoms with Crippen LogP contribution in [0.3, 0.4) is 0 Å². The molecule has 2 amide bonds. The molecule has 1 aliphatic carbocycles. The highest BCUT2D eigenvalue weighted by molar-refractivity contribution is 5.86. The van der Waals surface area contributed by atoms with E-state index in [4.69, 9.17) is 9.84 Å². The second-order valence-electron chi connectivity index (χ2n) is 7.79. The number of aliphatic carboxylic acids is 1. The lowest BCUT2D eigenvalue weighted by Gasteiger charge is -2.14. The number of benzene rings is 2. The van der Waals surface area contributed by atoms with Crippen molar-refractivity contribution >= 4 is 23.7 Å². The van der Waals surface area contributed by atoms with Crippen molar-refractivity contribution in [1.29, 1.82) is 0 Å². The summed E-state index contributed by atoms with van der Waals surface area (Å²) in [4.78, 5) is 39.2. The number of carboxylic acids is 1. The van der Waals surface area contributed by atoms with E-state index in [1.807, 2.05) is 24.3 Å². The highest BCUT2D eigenvalue weighted by Crippen LogP contribution is 2.44. The third-order valence-corrected chi connectivity index (χ3v) is 5.50. The maximum Gasteiger partial charge on any atom is 0.411 e. The van der Waals surface area contributed by atoms with Gasteiger partial charge in [0.15, 0.2) is 0 Å². The highest BCUT2D eigenvalue weighted by Gasteiger charge is 2.29. The Kier molecular flexibility index (Phi) is 6.35. The Morgan fingerprint density at radius 2 is 1.64 bits per heavy atom. The molecule has 1 aromatic heterocycles. The fourth-order valence-corrected chi connectivity index (χ4v) is 3.87. The van der Waals surface area contributed by atoms with Crippen LogP contribution >= 0.6 is 0 Å². The molecule has 2 aromatic carbocycles. The molecule has 0 saturated heterocycles. The summed E-state index contributed by atoms with van der Waals surface area (Å²) in [6.45, 7) is 1.59. The Morgan fingerprint density at radius 3 is 2.21 bits per heavy atom. The number of anilines is 1. The Bertz CT molecular complexity index is 1150. The van der Waals surface area contributed by atoms with Crippen LogP contribution in [0.15, 0.2) is 66.9 Å². The van der Waals surface area contributed by atoms with Crippen molar-refractivity contribution in [3.8, 4) is 11.1 Å². The van der Waals surface area contributed by atoms with Crippen LogP contribution in [0, 0.1) is 0 Å². The summed E-state index contributed by atoms with van der Waals surface area (Å²) in [5.41, 5.74) is 5.45. The zero-order valence-electron chi connectivity index (χ0n) is 17.9. The molecular weight excluding hydrogens is 422 g/mol. The quantitative estimate of drug-likeness (QED) is 0.512. The van der Waals surface area contributed by atoms with Gasteiger partial charge >= 0.3 is 12.1 Å². The molecular formula is C25H23N3O5. The van der Waals surface area contributed by atoms with Gasteiger partial charge in [0.25, 0.3) is 0 Å². The first kappa shape index (κ1) is 22.0. The molecule has 0 saturated carbocycles. The summed E-state index contributed by atoms with van der Waals surface area (Å²) in [6, 6.07) is 18.4. The number of hydrogen-bond donors (Lipinski definition) is 3. The first-order valence-electron chi connectivity index (χ1n) is 10.5. The number of carbonyl (C=O) groups is 3. The number of nitrogens with zero attached hydrogens (tertiary/aromatic N) is 1. The molecule has 0 radical (unpaired) electrons. The Morgan fingerprint density at radius 1 is 1.00 bits per heavy atom. The zero-order valence-corrected chi connectivity index (χ0v) is 17.9. The predicted molar refractivity (Wildman–Crippen MR) is 122 cm³/mol. The molecule has 0 aliphatic heterocycles. The van der Waals surface area contributed by atoms with E-state index in [0.29, 0.717) is 11.4 Å². The van der Waals surface area contributed by atoms with E-state index in [9.17, 15) is 14.4 Å². The molecule has 168 valence electrons. The number of carbonyl (C=O) groups excluding carboxylic acids is 2. The number of hydrogen-bond acceptors (Lipinski definition) is 5. The molecule has 8 nitrogen and oxygen atoms in total. The third kappa shape index (κ3) is 5.01. The van der Waals surface area contributed by atoms with E-state index < -0.39 is 24.0 Å². The second kappa shape index (κ2) is 9.52. The molecule has 1 unspecified atom stereocenters. The Labute approximate surface area is 190 Å². The number of nitrogens with one attached hydrogen (secondary N) is 2. The van der Waals surface area contributed by atoms with E-state index >= 15 is 0 Å². The van der Waals surface area contributed by atoms with Gasteiger partial charge in [-0.2, -0.15) is 0 Å². The first-order valence-corrected chi connectivity index (χ1v) is 10.5. The van der Waals surface area contributed by atoms with Gasteiger partial charge in [-0.25, -0.2) is 4.79 Å². The lowest BCUT2D eigenvalue weighted by atomic mass is 9.98. The number of aromatic nitrogens is 1. The SMILES string of the molecule is CC(NC(=O)Cc1ccc(NC(=O)OCC2c3ccccc3-c3ccccc32)cn1)C(=O)O. The van der Waals surface area contributed by atoms with Crippen molar-refractivity contribution < 1.29 is 24.2 Å². The minimum absolute atomic E-state index is 0.0321. The fraction of sp³-hybridized carbons (Fsp3) is 0.200. The summed E-state index contributed by atoms with van der Waals surface area (Å²) in [6.07, 6.45) is 0.757. The smallest absolute Gasteiger partial charge is 0.411 e. The lowest BCUT2D eigenvalue weighted by molar-refractivity contribution is -0.141. The van der Waals surface area contributed by atoms with E-state index in [1.165, 1.54) is 13.1 Å². The van der Waals surface area contributed by atoms with E-state index in [2.05, 4.69) is 39.9 Å². The van der Waals surface area contributed by atoms with Crippen LogP contribution < -0.4 is 10.6 Å². The van der Waals surface area contributed by atoms with Crippen LogP contribution in [0.5, 0.6) is 0 Å². The van der Waals surface area contributed by atoms with Crippen molar-refractivity contribution in [3.63, 3.8) is 0 Å². The number of fused-ring (bicyclic) bond motifs is 3. The molecule has 3 aromatic rings. The molecule has 33 heavy (non-hydrogen) atoms. The molecule has 3 N–H and O–H groups in total. The molecule has 0 bridgehead atoms. The van der Waals surface area contributed by atoms with Crippen molar-refractivity contribution in [1.82, 2.24) is 10.3 Å². The summed E-state index contributed by atoms with van der Waals surface area (Å²) < 4.78 is 5.51. The molecule has 8 heteroatoms. The van der Waals surface area contributed by atoms with Crippen LogP contribution in [-0.4, -0.2) is 40.7 Å². The van der Waals surface area contributed by atoms with Crippen molar-refractivity contribution in [2.75, 3.05) is 11.9 Å². The van der Waals surface area contributed by atoms with Crippen LogP contribution in [0.2, 0.25) is 0 Å². The number of pyridine rings is 1. The summed E-state index contributed by atoms with van der Waals surface area (Å²) in [7, 11) is 0. The van der Waals surface area contributed by atoms with Crippen LogP contribution in [-0.2, 0) is 20.7 Å². The summed E-state index contributed by atoms with van der Waals surface area (Å²) >= 11 is 0. The molecule has 4 rings (SSSR count). The third-order valence-electron chi connectivity index (χ3n) is 5.50. The zero-order chi connectivity index (χ0) is 23.4. The average molecular weight is 445 g/mol. The number of rotatable bonds is 7. The van der Waals surface area contributed by atoms with Gasteiger partial charge in [-0.15, -0.1) is 0 Å². The summed E-state index contributed by atoms with van der Waals surface area (Å²) in [5, 5.41) is 13.8. The highest BCUT2D eigenvalue weighted by atomic mass is 16.5. The van der Waals surface area contributed by atoms with Gasteiger partial charge in [0.2, 0.25) is 5.91 Å². The van der Waals surface area contributed by atoms with Gasteiger partial charge in [0.1, 0.15) is 12.6 Å². The Hall–Kier alpha value is -4.20. The van der Waals surface area contributed by atoms with Gasteiger partial charge in [-0.1, -0.05) is 48.5 Å². The van der Waals surface area contributed by atoms with Gasteiger partial charge in [0, 0.05) is 11.6 Å². The van der Waals surface area contributed by atoms with Gasteiger partial charge < -0.3 is 15.2 Å². The monoisotopic (exact) mass is 445 g/mol. The summed E-state index contributed by atoms with van der Waals surface area (Å²) in [5.74, 6) is -1.59. The number of carboxylic acid groups (broad SMARTS) is 1.